The van der Waals surface area contributed by atoms with Crippen LogP contribution < -0.4 is 10.0 Å². The molecule has 0 atom stereocenters. The van der Waals surface area contributed by atoms with E-state index in [1.807, 2.05) is 0 Å². The Balaban J connectivity index is 1.26. The SMILES string of the molecule is O=C(COC(=O)c1cc(-c2ccco2)nc2ccccc12)Nc1cccc(S(=O)(=O)NC2=NCCCCC2)c1. The van der Waals surface area contributed by atoms with Gasteiger partial charge in [-0.05, 0) is 55.3 Å². The van der Waals surface area contributed by atoms with Gasteiger partial charge in [0.15, 0.2) is 12.4 Å². The summed E-state index contributed by atoms with van der Waals surface area (Å²) in [5.41, 5.74) is 1.51. The number of esters is 1. The molecule has 11 heteroatoms. The zero-order valence-electron chi connectivity index (χ0n) is 20.9. The van der Waals surface area contributed by atoms with Gasteiger partial charge >= 0.3 is 5.97 Å². The lowest BCUT2D eigenvalue weighted by Gasteiger charge is -2.12. The molecular weight excluding hydrogens is 520 g/mol. The Morgan fingerprint density at radius 2 is 1.85 bits per heavy atom. The lowest BCUT2D eigenvalue weighted by molar-refractivity contribution is -0.119. The maximum absolute atomic E-state index is 13.0. The molecule has 5 rings (SSSR count). The number of rotatable bonds is 7. The van der Waals surface area contributed by atoms with Crippen LogP contribution in [0.3, 0.4) is 0 Å². The topological polar surface area (TPSA) is 140 Å². The molecule has 0 fully saturated rings. The Morgan fingerprint density at radius 3 is 2.69 bits per heavy atom. The van der Waals surface area contributed by atoms with E-state index in [1.165, 1.54) is 24.5 Å². The summed E-state index contributed by atoms with van der Waals surface area (Å²) >= 11 is 0. The lowest BCUT2D eigenvalue weighted by Crippen LogP contribution is -2.30. The van der Waals surface area contributed by atoms with Crippen LogP contribution in [0.25, 0.3) is 22.4 Å². The summed E-state index contributed by atoms with van der Waals surface area (Å²) < 4.78 is 39.0. The largest absolute Gasteiger partial charge is 0.463 e. The van der Waals surface area contributed by atoms with Gasteiger partial charge < -0.3 is 14.5 Å². The van der Waals surface area contributed by atoms with Crippen LogP contribution in [0, 0.1) is 0 Å². The van der Waals surface area contributed by atoms with E-state index in [9.17, 15) is 18.0 Å². The number of sulfonamides is 1. The third-order valence-electron chi connectivity index (χ3n) is 6.10. The number of fused-ring (bicyclic) bond motifs is 1. The quantitative estimate of drug-likeness (QED) is 0.324. The van der Waals surface area contributed by atoms with E-state index >= 15 is 0 Å². The van der Waals surface area contributed by atoms with Crippen molar-refractivity contribution in [2.24, 2.45) is 4.99 Å². The van der Waals surface area contributed by atoms with Crippen molar-refractivity contribution in [2.45, 2.75) is 30.6 Å². The second kappa shape index (κ2) is 11.5. The molecule has 0 saturated heterocycles. The molecule has 3 heterocycles. The number of aliphatic imine (C=N–C) groups is 1. The number of pyridine rings is 1. The number of benzene rings is 2. The number of amides is 1. The molecule has 0 spiro atoms. The highest BCUT2D eigenvalue weighted by molar-refractivity contribution is 7.90. The first-order chi connectivity index (χ1) is 18.9. The predicted molar refractivity (Wildman–Crippen MR) is 146 cm³/mol. The smallest absolute Gasteiger partial charge is 0.339 e. The Kier molecular flexibility index (Phi) is 7.69. The third-order valence-corrected chi connectivity index (χ3v) is 7.48. The van der Waals surface area contributed by atoms with E-state index in [2.05, 4.69) is 20.0 Å². The summed E-state index contributed by atoms with van der Waals surface area (Å²) in [6.45, 7) is 0.0176. The van der Waals surface area contributed by atoms with E-state index in [-0.39, 0.29) is 16.1 Å². The molecule has 2 aromatic heterocycles. The number of ether oxygens (including phenoxy) is 1. The van der Waals surface area contributed by atoms with Crippen LogP contribution in [-0.4, -0.2) is 44.3 Å². The average Bonchev–Trinajstić information content (AvgIpc) is 3.36. The fourth-order valence-electron chi connectivity index (χ4n) is 4.21. The van der Waals surface area contributed by atoms with Gasteiger partial charge in [-0.15, -0.1) is 0 Å². The average molecular weight is 547 g/mol. The van der Waals surface area contributed by atoms with Gasteiger partial charge in [-0.1, -0.05) is 30.7 Å². The van der Waals surface area contributed by atoms with Gasteiger partial charge in [-0.25, -0.2) is 18.2 Å². The first-order valence-electron chi connectivity index (χ1n) is 12.5. The summed E-state index contributed by atoms with van der Waals surface area (Å²) in [4.78, 5) is 34.4. The Hall–Kier alpha value is -4.51. The van der Waals surface area contributed by atoms with E-state index in [4.69, 9.17) is 9.15 Å². The molecule has 10 nitrogen and oxygen atoms in total. The molecule has 0 unspecified atom stereocenters. The van der Waals surface area contributed by atoms with Crippen LogP contribution in [0.2, 0.25) is 0 Å². The van der Waals surface area contributed by atoms with Gasteiger partial charge in [-0.3, -0.25) is 14.5 Å². The van der Waals surface area contributed by atoms with E-state index in [1.54, 1.807) is 48.5 Å². The number of amidine groups is 1. The molecule has 0 radical (unpaired) electrons. The summed E-state index contributed by atoms with van der Waals surface area (Å²) in [5.74, 6) is -0.402. The molecule has 2 aromatic carbocycles. The summed E-state index contributed by atoms with van der Waals surface area (Å²) in [5, 5.41) is 3.15. The van der Waals surface area contributed by atoms with Gasteiger partial charge in [0.05, 0.1) is 22.2 Å². The molecule has 1 amide bonds. The van der Waals surface area contributed by atoms with Crippen LogP contribution >= 0.6 is 0 Å². The van der Waals surface area contributed by atoms with Crippen molar-refractivity contribution >= 4 is 44.3 Å². The monoisotopic (exact) mass is 546 g/mol. The summed E-state index contributed by atoms with van der Waals surface area (Å²) in [7, 11) is -3.87. The number of furan rings is 1. The third kappa shape index (κ3) is 6.32. The highest BCUT2D eigenvalue weighted by Crippen LogP contribution is 2.26. The van der Waals surface area contributed by atoms with Gasteiger partial charge in [0.2, 0.25) is 0 Å². The van der Waals surface area contributed by atoms with Crippen molar-refractivity contribution in [3.8, 4) is 11.5 Å². The fraction of sp³-hybridized carbons (Fsp3) is 0.214. The maximum atomic E-state index is 13.0. The highest BCUT2D eigenvalue weighted by atomic mass is 32.2. The van der Waals surface area contributed by atoms with Gasteiger partial charge in [0.25, 0.3) is 15.9 Å². The van der Waals surface area contributed by atoms with E-state index in [0.717, 1.165) is 19.3 Å². The van der Waals surface area contributed by atoms with Crippen molar-refractivity contribution in [2.75, 3.05) is 18.5 Å². The maximum Gasteiger partial charge on any atom is 0.339 e. The van der Waals surface area contributed by atoms with Crippen LogP contribution in [0.4, 0.5) is 5.69 Å². The molecule has 39 heavy (non-hydrogen) atoms. The van der Waals surface area contributed by atoms with Crippen LogP contribution in [0.5, 0.6) is 0 Å². The van der Waals surface area contributed by atoms with E-state index in [0.29, 0.717) is 41.2 Å². The number of carbonyl (C=O) groups is 2. The molecule has 200 valence electrons. The molecule has 0 saturated carbocycles. The van der Waals surface area contributed by atoms with Crippen LogP contribution in [-0.2, 0) is 19.6 Å². The summed E-state index contributed by atoms with van der Waals surface area (Å²) in [6.07, 6.45) is 4.88. The molecular formula is C28H26N4O6S. The second-order valence-corrected chi connectivity index (χ2v) is 10.6. The molecule has 1 aliphatic heterocycles. The highest BCUT2D eigenvalue weighted by Gasteiger charge is 2.20. The van der Waals surface area contributed by atoms with Crippen molar-refractivity contribution in [1.29, 1.82) is 0 Å². The molecule has 0 bridgehead atoms. The Morgan fingerprint density at radius 1 is 0.974 bits per heavy atom. The number of aromatic nitrogens is 1. The Labute approximate surface area is 225 Å². The number of anilines is 1. The van der Waals surface area contributed by atoms with Crippen LogP contribution in [0.15, 0.2) is 87.3 Å². The number of nitrogens with one attached hydrogen (secondary N) is 2. The normalized spacial score (nSPS) is 13.8. The van der Waals surface area contributed by atoms with Crippen LogP contribution in [0.1, 0.15) is 36.0 Å². The van der Waals surface area contributed by atoms with Crippen molar-refractivity contribution in [1.82, 2.24) is 9.71 Å². The van der Waals surface area contributed by atoms with Crippen molar-refractivity contribution in [3.05, 3.63) is 78.6 Å². The molecule has 1 aliphatic rings. The molecule has 4 aromatic rings. The van der Waals surface area contributed by atoms with Gasteiger partial charge in [-0.2, -0.15) is 0 Å². The van der Waals surface area contributed by atoms with E-state index < -0.39 is 28.5 Å². The van der Waals surface area contributed by atoms with Gasteiger partial charge in [0, 0.05) is 24.0 Å². The first kappa shape index (κ1) is 26.1. The predicted octanol–water partition coefficient (Wildman–Crippen LogP) is 4.54. The standard InChI is InChI=1S/C28H26N4O6S/c33-27(30-19-8-6-9-20(16-19)39(35,36)32-26-13-2-1-5-14-29-26)18-38-28(34)22-17-24(25-12-7-15-37-25)31-23-11-4-3-10-21(22)23/h3-4,6-12,15-17H,1-2,5,13-14,18H2,(H,29,32)(H,30,33). The van der Waals surface area contributed by atoms with Gasteiger partial charge in [0.1, 0.15) is 11.5 Å². The number of hydrogen-bond donors (Lipinski definition) is 2. The van der Waals surface area contributed by atoms with Crippen molar-refractivity contribution in [3.63, 3.8) is 0 Å². The zero-order chi connectivity index (χ0) is 27.2. The van der Waals surface area contributed by atoms with Crippen molar-refractivity contribution < 1.29 is 27.2 Å². The summed E-state index contributed by atoms with van der Waals surface area (Å²) in [6, 6.07) is 17.9. The number of nitrogens with zero attached hydrogens (tertiary/aromatic N) is 2. The molecule has 2 N–H and O–H groups in total. The Bertz CT molecular complexity index is 1650. The minimum Gasteiger partial charge on any atom is -0.463 e. The minimum atomic E-state index is -3.87. The number of hydrogen-bond acceptors (Lipinski definition) is 8. The zero-order valence-corrected chi connectivity index (χ0v) is 21.7. The number of para-hydroxylation sites is 1. The first-order valence-corrected chi connectivity index (χ1v) is 13.9. The second-order valence-electron chi connectivity index (χ2n) is 8.95. The number of carbonyl (C=O) groups excluding carboxylic acids is 2. The fourth-order valence-corrected chi connectivity index (χ4v) is 5.35. The molecule has 0 aliphatic carbocycles. The minimum absolute atomic E-state index is 0.0158. The lowest BCUT2D eigenvalue weighted by atomic mass is 10.1.